The number of benzene rings is 1. The predicted octanol–water partition coefficient (Wildman–Crippen LogP) is 5.12. The third-order valence-electron chi connectivity index (χ3n) is 4.92. The Labute approximate surface area is 167 Å². The standard InChI is InChI=1S/C20H21ClN4OS/c1-11-6-7-14(10-15(11)21)24-19(26)17-12(2)16-18(25-8-4-5-9-25)22-13(3)23-20(16)27-17/h6-7,10H,4-5,8-9H2,1-3H3,(H,24,26). The Kier molecular flexibility index (Phi) is 4.78. The summed E-state index contributed by atoms with van der Waals surface area (Å²) in [7, 11) is 0. The molecular weight excluding hydrogens is 380 g/mol. The Balaban J connectivity index is 1.73. The summed E-state index contributed by atoms with van der Waals surface area (Å²) in [6.07, 6.45) is 2.35. The summed E-state index contributed by atoms with van der Waals surface area (Å²) in [5.41, 5.74) is 2.61. The van der Waals surface area contributed by atoms with Gasteiger partial charge in [-0.25, -0.2) is 9.97 Å². The lowest BCUT2D eigenvalue weighted by Gasteiger charge is -2.18. The van der Waals surface area contributed by atoms with Crippen LogP contribution in [0.4, 0.5) is 11.5 Å². The van der Waals surface area contributed by atoms with Gasteiger partial charge in [-0.05, 0) is 56.9 Å². The molecule has 1 aromatic carbocycles. The number of rotatable bonds is 3. The average molecular weight is 401 g/mol. The van der Waals surface area contributed by atoms with E-state index in [0.29, 0.717) is 15.6 Å². The monoisotopic (exact) mass is 400 g/mol. The highest BCUT2D eigenvalue weighted by molar-refractivity contribution is 7.20. The van der Waals surface area contributed by atoms with Crippen molar-refractivity contribution >= 4 is 50.6 Å². The largest absolute Gasteiger partial charge is 0.356 e. The molecule has 1 N–H and O–H groups in total. The molecule has 1 aliphatic rings. The summed E-state index contributed by atoms with van der Waals surface area (Å²) < 4.78 is 0. The SMILES string of the molecule is Cc1nc(N2CCCC2)c2c(C)c(C(=O)Nc3ccc(C)c(Cl)c3)sc2n1. The minimum Gasteiger partial charge on any atom is -0.356 e. The average Bonchev–Trinajstić information content (AvgIpc) is 3.26. The number of thiophene rings is 1. The van der Waals surface area contributed by atoms with Crippen LogP contribution in [0, 0.1) is 20.8 Å². The van der Waals surface area contributed by atoms with Crippen LogP contribution in [0.25, 0.3) is 10.2 Å². The van der Waals surface area contributed by atoms with Gasteiger partial charge in [0.15, 0.2) is 0 Å². The van der Waals surface area contributed by atoms with E-state index in [1.807, 2.05) is 32.9 Å². The van der Waals surface area contributed by atoms with E-state index in [9.17, 15) is 4.79 Å². The molecule has 1 saturated heterocycles. The van der Waals surface area contributed by atoms with Crippen LogP contribution in [0.5, 0.6) is 0 Å². The third-order valence-corrected chi connectivity index (χ3v) is 6.52. The molecule has 140 valence electrons. The van der Waals surface area contributed by atoms with Crippen molar-refractivity contribution in [3.63, 3.8) is 0 Å². The number of carbonyl (C=O) groups is 1. The van der Waals surface area contributed by atoms with E-state index in [4.69, 9.17) is 16.6 Å². The number of carbonyl (C=O) groups excluding carboxylic acids is 1. The molecule has 0 spiro atoms. The maximum atomic E-state index is 12.9. The van der Waals surface area contributed by atoms with Crippen LogP contribution in [0.1, 0.15) is 39.5 Å². The Bertz CT molecular complexity index is 1040. The second-order valence-electron chi connectivity index (χ2n) is 6.94. The van der Waals surface area contributed by atoms with E-state index >= 15 is 0 Å². The number of hydrogen-bond acceptors (Lipinski definition) is 5. The van der Waals surface area contributed by atoms with Gasteiger partial charge in [0.25, 0.3) is 5.91 Å². The third kappa shape index (κ3) is 3.39. The molecule has 0 bridgehead atoms. The summed E-state index contributed by atoms with van der Waals surface area (Å²) in [5, 5.41) is 4.59. The zero-order valence-corrected chi connectivity index (χ0v) is 17.2. The fraction of sp³-hybridized carbons (Fsp3) is 0.350. The van der Waals surface area contributed by atoms with E-state index in [-0.39, 0.29) is 5.91 Å². The number of nitrogens with zero attached hydrogens (tertiary/aromatic N) is 3. The molecule has 27 heavy (non-hydrogen) atoms. The van der Waals surface area contributed by atoms with E-state index < -0.39 is 0 Å². The molecule has 3 aromatic rings. The molecule has 4 rings (SSSR count). The van der Waals surface area contributed by atoms with Crippen LogP contribution < -0.4 is 10.2 Å². The van der Waals surface area contributed by atoms with Gasteiger partial charge < -0.3 is 10.2 Å². The van der Waals surface area contributed by atoms with Gasteiger partial charge in [0.05, 0.1) is 10.3 Å². The van der Waals surface area contributed by atoms with Crippen molar-refractivity contribution in [1.82, 2.24) is 9.97 Å². The van der Waals surface area contributed by atoms with Crippen LogP contribution in [0.2, 0.25) is 5.02 Å². The number of fused-ring (bicyclic) bond motifs is 1. The van der Waals surface area contributed by atoms with E-state index in [1.54, 1.807) is 6.07 Å². The molecule has 1 fully saturated rings. The van der Waals surface area contributed by atoms with Gasteiger partial charge in [0.2, 0.25) is 0 Å². The Morgan fingerprint density at radius 1 is 1.19 bits per heavy atom. The second-order valence-corrected chi connectivity index (χ2v) is 8.35. The fourth-order valence-electron chi connectivity index (χ4n) is 3.45. The molecule has 2 aromatic heterocycles. The number of halogens is 1. The van der Waals surface area contributed by atoms with Crippen LogP contribution in [0.3, 0.4) is 0 Å². The molecule has 0 unspecified atom stereocenters. The first kappa shape index (κ1) is 18.2. The summed E-state index contributed by atoms with van der Waals surface area (Å²) >= 11 is 7.60. The van der Waals surface area contributed by atoms with Crippen LogP contribution >= 0.6 is 22.9 Å². The minimum absolute atomic E-state index is 0.138. The molecule has 0 atom stereocenters. The van der Waals surface area contributed by atoms with Gasteiger partial charge in [-0.3, -0.25) is 4.79 Å². The maximum absolute atomic E-state index is 12.9. The molecule has 7 heteroatoms. The molecule has 0 aliphatic carbocycles. The Morgan fingerprint density at radius 3 is 2.63 bits per heavy atom. The summed E-state index contributed by atoms with van der Waals surface area (Å²) in [6, 6.07) is 5.54. The maximum Gasteiger partial charge on any atom is 0.266 e. The van der Waals surface area contributed by atoms with Gasteiger partial charge in [-0.15, -0.1) is 11.3 Å². The predicted molar refractivity (Wildman–Crippen MR) is 112 cm³/mol. The van der Waals surface area contributed by atoms with E-state index in [0.717, 1.165) is 46.1 Å². The van der Waals surface area contributed by atoms with Crippen molar-refractivity contribution in [3.05, 3.63) is 45.1 Å². The van der Waals surface area contributed by atoms with Gasteiger partial charge in [0.1, 0.15) is 16.5 Å². The second kappa shape index (κ2) is 7.09. The van der Waals surface area contributed by atoms with E-state index in [1.165, 1.54) is 24.2 Å². The fourth-order valence-corrected chi connectivity index (χ4v) is 4.75. The lowest BCUT2D eigenvalue weighted by Crippen LogP contribution is -2.20. The summed E-state index contributed by atoms with van der Waals surface area (Å²) in [5.74, 6) is 1.56. The number of aryl methyl sites for hydroxylation is 3. The lowest BCUT2D eigenvalue weighted by molar-refractivity contribution is 0.103. The molecule has 3 heterocycles. The highest BCUT2D eigenvalue weighted by Crippen LogP contribution is 2.37. The van der Waals surface area contributed by atoms with Gasteiger partial charge in [-0.1, -0.05) is 17.7 Å². The number of aromatic nitrogens is 2. The number of anilines is 2. The first-order chi connectivity index (χ1) is 12.9. The Morgan fingerprint density at radius 2 is 1.93 bits per heavy atom. The van der Waals surface area contributed by atoms with Crippen molar-refractivity contribution in [2.75, 3.05) is 23.3 Å². The van der Waals surface area contributed by atoms with E-state index in [2.05, 4.69) is 15.2 Å². The van der Waals surface area contributed by atoms with Crippen molar-refractivity contribution in [2.24, 2.45) is 0 Å². The van der Waals surface area contributed by atoms with Crippen LogP contribution in [0.15, 0.2) is 18.2 Å². The number of hydrogen-bond donors (Lipinski definition) is 1. The zero-order valence-electron chi connectivity index (χ0n) is 15.6. The van der Waals surface area contributed by atoms with Crippen molar-refractivity contribution in [1.29, 1.82) is 0 Å². The summed E-state index contributed by atoms with van der Waals surface area (Å²) in [4.78, 5) is 26.0. The molecule has 5 nitrogen and oxygen atoms in total. The molecule has 0 radical (unpaired) electrons. The number of amides is 1. The van der Waals surface area contributed by atoms with Crippen LogP contribution in [-0.4, -0.2) is 29.0 Å². The Hall–Kier alpha value is -2.18. The van der Waals surface area contributed by atoms with Gasteiger partial charge >= 0.3 is 0 Å². The quantitative estimate of drug-likeness (QED) is 0.662. The van der Waals surface area contributed by atoms with Crippen LogP contribution in [-0.2, 0) is 0 Å². The van der Waals surface area contributed by atoms with Gasteiger partial charge in [0, 0.05) is 23.8 Å². The first-order valence-electron chi connectivity index (χ1n) is 9.04. The lowest BCUT2D eigenvalue weighted by atomic mass is 10.1. The molecular formula is C20H21ClN4OS. The highest BCUT2D eigenvalue weighted by Gasteiger charge is 2.24. The summed E-state index contributed by atoms with van der Waals surface area (Å²) in [6.45, 7) is 7.83. The van der Waals surface area contributed by atoms with Crippen molar-refractivity contribution in [3.8, 4) is 0 Å². The van der Waals surface area contributed by atoms with Gasteiger partial charge in [-0.2, -0.15) is 0 Å². The highest BCUT2D eigenvalue weighted by atomic mass is 35.5. The van der Waals surface area contributed by atoms with Crippen molar-refractivity contribution in [2.45, 2.75) is 33.6 Å². The molecule has 1 amide bonds. The molecule has 1 aliphatic heterocycles. The normalized spacial score (nSPS) is 14.1. The topological polar surface area (TPSA) is 58.1 Å². The molecule has 0 saturated carbocycles. The first-order valence-corrected chi connectivity index (χ1v) is 10.2. The number of nitrogens with one attached hydrogen (secondary N) is 1. The smallest absolute Gasteiger partial charge is 0.266 e. The minimum atomic E-state index is -0.138. The zero-order chi connectivity index (χ0) is 19.1. The van der Waals surface area contributed by atoms with Crippen molar-refractivity contribution < 1.29 is 4.79 Å².